The van der Waals surface area contributed by atoms with Gasteiger partial charge >= 0.3 is 0 Å². The van der Waals surface area contributed by atoms with Crippen molar-refractivity contribution in [2.75, 3.05) is 37.7 Å². The summed E-state index contributed by atoms with van der Waals surface area (Å²) < 4.78 is 6.31. The average molecular weight is 405 g/mol. The van der Waals surface area contributed by atoms with Crippen molar-refractivity contribution < 1.29 is 14.3 Å². The Hall–Kier alpha value is -1.31. The first-order chi connectivity index (χ1) is 10.5. The SMILES string of the molecule is CC1CN(C(=O)CN2C(=O)COc3cc(Br)ccc32)CCN1.Cl. The monoisotopic (exact) mass is 403 g/mol. The molecule has 0 spiro atoms. The molecule has 1 N–H and O–H groups in total. The van der Waals surface area contributed by atoms with Crippen LogP contribution in [0.5, 0.6) is 5.75 Å². The molecule has 1 unspecified atom stereocenters. The number of carbonyl (C=O) groups is 2. The highest BCUT2D eigenvalue weighted by Gasteiger charge is 2.30. The highest BCUT2D eigenvalue weighted by molar-refractivity contribution is 9.10. The fraction of sp³-hybridized carbons (Fsp3) is 0.467. The second kappa shape index (κ2) is 7.51. The van der Waals surface area contributed by atoms with E-state index in [0.717, 1.165) is 11.0 Å². The van der Waals surface area contributed by atoms with Gasteiger partial charge in [-0.2, -0.15) is 0 Å². The summed E-state index contributed by atoms with van der Waals surface area (Å²) in [6, 6.07) is 5.72. The van der Waals surface area contributed by atoms with Gasteiger partial charge in [0.15, 0.2) is 6.61 Å². The maximum atomic E-state index is 12.5. The minimum absolute atomic E-state index is 0. The second-order valence-corrected chi connectivity index (χ2v) is 6.49. The predicted molar refractivity (Wildman–Crippen MR) is 93.3 cm³/mol. The Kier molecular flexibility index (Phi) is 5.89. The van der Waals surface area contributed by atoms with E-state index >= 15 is 0 Å². The zero-order valence-electron chi connectivity index (χ0n) is 12.8. The van der Waals surface area contributed by atoms with E-state index in [4.69, 9.17) is 4.74 Å². The first kappa shape index (κ1) is 18.0. The highest BCUT2D eigenvalue weighted by Crippen LogP contribution is 2.34. The van der Waals surface area contributed by atoms with E-state index in [2.05, 4.69) is 21.2 Å². The number of fused-ring (bicyclic) bond motifs is 1. The van der Waals surface area contributed by atoms with E-state index < -0.39 is 0 Å². The third-order valence-electron chi connectivity index (χ3n) is 3.88. The molecule has 1 saturated heterocycles. The molecule has 2 aliphatic heterocycles. The maximum absolute atomic E-state index is 12.5. The maximum Gasteiger partial charge on any atom is 0.265 e. The second-order valence-electron chi connectivity index (χ2n) is 5.58. The lowest BCUT2D eigenvalue weighted by atomic mass is 10.2. The van der Waals surface area contributed by atoms with Gasteiger partial charge < -0.3 is 15.0 Å². The largest absolute Gasteiger partial charge is 0.482 e. The van der Waals surface area contributed by atoms with Crippen molar-refractivity contribution in [3.05, 3.63) is 22.7 Å². The highest BCUT2D eigenvalue weighted by atomic mass is 79.9. The van der Waals surface area contributed by atoms with E-state index in [1.807, 2.05) is 24.0 Å². The van der Waals surface area contributed by atoms with Gasteiger partial charge in [0, 0.05) is 30.1 Å². The molecule has 2 heterocycles. The topological polar surface area (TPSA) is 61.9 Å². The van der Waals surface area contributed by atoms with Crippen molar-refractivity contribution in [1.82, 2.24) is 10.2 Å². The molecule has 1 atom stereocenters. The van der Waals surface area contributed by atoms with Crippen LogP contribution in [0.3, 0.4) is 0 Å². The molecule has 1 aromatic rings. The molecule has 2 amide bonds. The van der Waals surface area contributed by atoms with Gasteiger partial charge in [-0.05, 0) is 25.1 Å². The summed E-state index contributed by atoms with van der Waals surface area (Å²) in [6.07, 6.45) is 0. The van der Waals surface area contributed by atoms with Crippen molar-refractivity contribution >= 4 is 45.8 Å². The first-order valence-corrected chi connectivity index (χ1v) is 8.08. The number of amides is 2. The Labute approximate surface area is 149 Å². The molecule has 0 radical (unpaired) electrons. The van der Waals surface area contributed by atoms with Gasteiger partial charge in [-0.15, -0.1) is 12.4 Å². The molecule has 8 heteroatoms. The Balaban J connectivity index is 0.00000192. The van der Waals surface area contributed by atoms with Crippen LogP contribution in [-0.2, 0) is 9.59 Å². The summed E-state index contributed by atoms with van der Waals surface area (Å²) in [7, 11) is 0. The van der Waals surface area contributed by atoms with E-state index in [1.54, 1.807) is 6.07 Å². The van der Waals surface area contributed by atoms with E-state index in [0.29, 0.717) is 24.5 Å². The van der Waals surface area contributed by atoms with Gasteiger partial charge in [0.25, 0.3) is 5.91 Å². The van der Waals surface area contributed by atoms with Crippen LogP contribution in [-0.4, -0.2) is 55.5 Å². The number of nitrogens with zero attached hydrogens (tertiary/aromatic N) is 2. The summed E-state index contributed by atoms with van der Waals surface area (Å²) in [5.74, 6) is 0.402. The molecule has 0 bridgehead atoms. The lowest BCUT2D eigenvalue weighted by molar-refractivity contribution is -0.132. The molecule has 126 valence electrons. The van der Waals surface area contributed by atoms with Crippen LogP contribution in [0.25, 0.3) is 0 Å². The van der Waals surface area contributed by atoms with E-state index in [1.165, 1.54) is 4.90 Å². The quantitative estimate of drug-likeness (QED) is 0.810. The summed E-state index contributed by atoms with van der Waals surface area (Å²) in [5, 5.41) is 3.30. The molecule has 0 aliphatic carbocycles. The predicted octanol–water partition coefficient (Wildman–Crippen LogP) is 1.42. The van der Waals surface area contributed by atoms with Gasteiger partial charge in [0.05, 0.1) is 5.69 Å². The molecule has 3 rings (SSSR count). The van der Waals surface area contributed by atoms with Gasteiger partial charge in [-0.25, -0.2) is 0 Å². The van der Waals surface area contributed by atoms with Crippen molar-refractivity contribution in [1.29, 1.82) is 0 Å². The van der Waals surface area contributed by atoms with Crippen molar-refractivity contribution in [2.24, 2.45) is 0 Å². The third-order valence-corrected chi connectivity index (χ3v) is 4.37. The Morgan fingerprint density at radius 2 is 2.26 bits per heavy atom. The van der Waals surface area contributed by atoms with Gasteiger partial charge in [0.2, 0.25) is 5.91 Å². The molecule has 1 aromatic carbocycles. The zero-order valence-corrected chi connectivity index (χ0v) is 15.2. The number of carbonyl (C=O) groups excluding carboxylic acids is 2. The molecule has 6 nitrogen and oxygen atoms in total. The normalized spacial score (nSPS) is 20.4. The van der Waals surface area contributed by atoms with E-state index in [-0.39, 0.29) is 43.4 Å². The van der Waals surface area contributed by atoms with Crippen LogP contribution in [0, 0.1) is 0 Å². The number of ether oxygens (including phenoxy) is 1. The Bertz CT molecular complexity index is 614. The minimum atomic E-state index is -0.189. The Morgan fingerprint density at radius 3 is 3.00 bits per heavy atom. The minimum Gasteiger partial charge on any atom is -0.482 e. The van der Waals surface area contributed by atoms with E-state index in [9.17, 15) is 9.59 Å². The number of piperazine rings is 1. The standard InChI is InChI=1S/C15H18BrN3O3.ClH/c1-10-7-18(5-4-17-10)14(20)8-19-12-3-2-11(16)6-13(12)22-9-15(19)21;/h2-3,6,10,17H,4-5,7-9H2,1H3;1H. The smallest absolute Gasteiger partial charge is 0.265 e. The van der Waals surface area contributed by atoms with Crippen molar-refractivity contribution in [2.45, 2.75) is 13.0 Å². The fourth-order valence-corrected chi connectivity index (χ4v) is 3.09. The third kappa shape index (κ3) is 3.97. The number of rotatable bonds is 2. The summed E-state index contributed by atoms with van der Waals surface area (Å²) >= 11 is 3.38. The lowest BCUT2D eigenvalue weighted by Crippen LogP contribution is -2.54. The Morgan fingerprint density at radius 1 is 1.48 bits per heavy atom. The van der Waals surface area contributed by atoms with Crippen LogP contribution in [0.1, 0.15) is 6.92 Å². The van der Waals surface area contributed by atoms with Crippen LogP contribution < -0.4 is 15.0 Å². The van der Waals surface area contributed by atoms with Crippen LogP contribution in [0.15, 0.2) is 22.7 Å². The number of hydrogen-bond acceptors (Lipinski definition) is 4. The summed E-state index contributed by atoms with van der Waals surface area (Å²) in [6.45, 7) is 4.21. The van der Waals surface area contributed by atoms with Gasteiger partial charge in [-0.3, -0.25) is 14.5 Å². The van der Waals surface area contributed by atoms with Crippen LogP contribution >= 0.6 is 28.3 Å². The van der Waals surface area contributed by atoms with Crippen LogP contribution in [0.2, 0.25) is 0 Å². The number of hydrogen-bond donors (Lipinski definition) is 1. The molecule has 23 heavy (non-hydrogen) atoms. The number of nitrogens with one attached hydrogen (secondary N) is 1. The molecule has 2 aliphatic rings. The molecule has 0 aromatic heterocycles. The first-order valence-electron chi connectivity index (χ1n) is 7.28. The van der Waals surface area contributed by atoms with Crippen molar-refractivity contribution in [3.8, 4) is 5.75 Å². The number of halogens is 2. The van der Waals surface area contributed by atoms with Crippen molar-refractivity contribution in [3.63, 3.8) is 0 Å². The molecular weight excluding hydrogens is 386 g/mol. The van der Waals surface area contributed by atoms with Crippen LogP contribution in [0.4, 0.5) is 5.69 Å². The fourth-order valence-electron chi connectivity index (χ4n) is 2.75. The van der Waals surface area contributed by atoms with Gasteiger partial charge in [-0.1, -0.05) is 15.9 Å². The zero-order chi connectivity index (χ0) is 15.7. The summed E-state index contributed by atoms with van der Waals surface area (Å²) in [5.41, 5.74) is 0.649. The lowest BCUT2D eigenvalue weighted by Gasteiger charge is -2.35. The molecular formula is C15H19BrClN3O3. The molecule has 0 saturated carbocycles. The summed E-state index contributed by atoms with van der Waals surface area (Å²) in [4.78, 5) is 27.9. The molecule has 1 fully saturated rings. The number of anilines is 1. The van der Waals surface area contributed by atoms with Gasteiger partial charge in [0.1, 0.15) is 12.3 Å². The average Bonchev–Trinajstić information content (AvgIpc) is 2.50. The number of benzene rings is 1.